The fraction of sp³-hybridized carbons (Fsp3) is 0.533. The van der Waals surface area contributed by atoms with E-state index in [2.05, 4.69) is 28.2 Å². The van der Waals surface area contributed by atoms with E-state index in [0.29, 0.717) is 13.0 Å². The highest BCUT2D eigenvalue weighted by Gasteiger charge is 2.24. The Kier molecular flexibility index (Phi) is 6.38. The largest absolute Gasteiger partial charge is 0.379 e. The molecule has 21 heavy (non-hydrogen) atoms. The molecule has 6 heteroatoms. The lowest BCUT2D eigenvalue weighted by Gasteiger charge is -2.34. The van der Waals surface area contributed by atoms with Crippen LogP contribution in [0.1, 0.15) is 17.3 Å². The second kappa shape index (κ2) is 8.29. The quantitative estimate of drug-likeness (QED) is 0.741. The van der Waals surface area contributed by atoms with Gasteiger partial charge in [0.25, 0.3) is 0 Å². The highest BCUT2D eigenvalue weighted by atomic mass is 32.1. The Labute approximate surface area is 129 Å². The first-order valence-corrected chi connectivity index (χ1v) is 8.09. The Bertz CT molecular complexity index is 444. The van der Waals surface area contributed by atoms with Crippen molar-refractivity contribution < 1.29 is 9.53 Å². The molecule has 1 saturated heterocycles. The van der Waals surface area contributed by atoms with Gasteiger partial charge in [-0.2, -0.15) is 0 Å². The van der Waals surface area contributed by atoms with Gasteiger partial charge in [-0.15, -0.1) is 17.9 Å². The fourth-order valence-electron chi connectivity index (χ4n) is 2.39. The number of hydrogen-bond donors (Lipinski definition) is 2. The molecule has 1 aliphatic rings. The van der Waals surface area contributed by atoms with Crippen molar-refractivity contribution in [1.82, 2.24) is 10.2 Å². The van der Waals surface area contributed by atoms with Gasteiger partial charge in [-0.05, 0) is 17.9 Å². The van der Waals surface area contributed by atoms with Crippen LogP contribution < -0.4 is 11.1 Å². The molecule has 1 amide bonds. The maximum Gasteiger partial charge on any atom is 0.237 e. The SMILES string of the molecule is C=CCC(N)C(=O)NCC(c1cccs1)N1CCOCC1. The van der Waals surface area contributed by atoms with Crippen molar-refractivity contribution in [2.75, 3.05) is 32.8 Å². The van der Waals surface area contributed by atoms with Gasteiger partial charge in [-0.1, -0.05) is 12.1 Å². The van der Waals surface area contributed by atoms with E-state index >= 15 is 0 Å². The summed E-state index contributed by atoms with van der Waals surface area (Å²) in [7, 11) is 0. The van der Waals surface area contributed by atoms with E-state index in [1.807, 2.05) is 6.07 Å². The zero-order chi connectivity index (χ0) is 15.1. The lowest BCUT2D eigenvalue weighted by Crippen LogP contribution is -2.46. The van der Waals surface area contributed by atoms with Crippen LogP contribution in [0.3, 0.4) is 0 Å². The van der Waals surface area contributed by atoms with Crippen LogP contribution in [-0.4, -0.2) is 49.7 Å². The van der Waals surface area contributed by atoms with Gasteiger partial charge < -0.3 is 15.8 Å². The van der Waals surface area contributed by atoms with Crippen LogP contribution in [0.15, 0.2) is 30.2 Å². The maximum atomic E-state index is 12.0. The molecule has 3 N–H and O–H groups in total. The van der Waals surface area contributed by atoms with E-state index in [4.69, 9.17) is 10.5 Å². The molecule has 1 aliphatic heterocycles. The molecular weight excluding hydrogens is 286 g/mol. The number of rotatable bonds is 7. The lowest BCUT2D eigenvalue weighted by molar-refractivity contribution is -0.122. The van der Waals surface area contributed by atoms with Crippen LogP contribution in [0.5, 0.6) is 0 Å². The fourth-order valence-corrected chi connectivity index (χ4v) is 3.26. The van der Waals surface area contributed by atoms with Gasteiger partial charge in [0.1, 0.15) is 0 Å². The molecule has 2 rings (SSSR count). The Hall–Kier alpha value is -1.21. The van der Waals surface area contributed by atoms with Crippen LogP contribution in [-0.2, 0) is 9.53 Å². The summed E-state index contributed by atoms with van der Waals surface area (Å²) in [5, 5.41) is 5.03. The summed E-state index contributed by atoms with van der Waals surface area (Å²) in [6, 6.07) is 3.82. The van der Waals surface area contributed by atoms with E-state index in [9.17, 15) is 4.79 Å². The van der Waals surface area contributed by atoms with Crippen LogP contribution in [0, 0.1) is 0 Å². The number of thiophene rings is 1. The third kappa shape index (κ3) is 4.64. The van der Waals surface area contributed by atoms with Gasteiger partial charge in [0, 0.05) is 24.5 Å². The third-order valence-corrected chi connectivity index (χ3v) is 4.56. The summed E-state index contributed by atoms with van der Waals surface area (Å²) < 4.78 is 5.41. The average molecular weight is 309 g/mol. The van der Waals surface area contributed by atoms with E-state index < -0.39 is 6.04 Å². The molecule has 0 aromatic carbocycles. The van der Waals surface area contributed by atoms with Crippen molar-refractivity contribution in [3.63, 3.8) is 0 Å². The molecule has 116 valence electrons. The van der Waals surface area contributed by atoms with Crippen molar-refractivity contribution in [1.29, 1.82) is 0 Å². The molecule has 1 aromatic heterocycles. The summed E-state index contributed by atoms with van der Waals surface area (Å²) in [5.41, 5.74) is 5.80. The van der Waals surface area contributed by atoms with E-state index in [0.717, 1.165) is 26.3 Å². The summed E-state index contributed by atoms with van der Waals surface area (Å²) in [5.74, 6) is -0.121. The minimum absolute atomic E-state index is 0.121. The monoisotopic (exact) mass is 309 g/mol. The van der Waals surface area contributed by atoms with Crippen LogP contribution in [0.4, 0.5) is 0 Å². The second-order valence-electron chi connectivity index (χ2n) is 5.06. The standard InChI is InChI=1S/C15H23N3O2S/c1-2-4-12(16)15(19)17-11-13(14-5-3-10-21-14)18-6-8-20-9-7-18/h2-3,5,10,12-13H,1,4,6-9,11,16H2,(H,17,19). The van der Waals surface area contributed by atoms with Gasteiger partial charge in [0.15, 0.2) is 0 Å². The molecule has 0 aliphatic carbocycles. The lowest BCUT2D eigenvalue weighted by atomic mass is 10.1. The van der Waals surface area contributed by atoms with Gasteiger partial charge in [0.2, 0.25) is 5.91 Å². The van der Waals surface area contributed by atoms with E-state index in [1.165, 1.54) is 4.88 Å². The van der Waals surface area contributed by atoms with Crippen LogP contribution >= 0.6 is 11.3 Å². The molecule has 2 atom stereocenters. The predicted octanol–water partition coefficient (Wildman–Crippen LogP) is 1.14. The third-order valence-electron chi connectivity index (χ3n) is 3.59. The van der Waals surface area contributed by atoms with Crippen molar-refractivity contribution >= 4 is 17.2 Å². The maximum absolute atomic E-state index is 12.0. The predicted molar refractivity (Wildman–Crippen MR) is 85.3 cm³/mol. The van der Waals surface area contributed by atoms with Crippen molar-refractivity contribution in [2.45, 2.75) is 18.5 Å². The summed E-state index contributed by atoms with van der Waals surface area (Å²) >= 11 is 1.71. The minimum atomic E-state index is -0.517. The first-order valence-electron chi connectivity index (χ1n) is 7.21. The molecule has 1 aromatic rings. The van der Waals surface area contributed by atoms with E-state index in [-0.39, 0.29) is 11.9 Å². The highest BCUT2D eigenvalue weighted by molar-refractivity contribution is 7.10. The number of nitrogens with two attached hydrogens (primary N) is 1. The van der Waals surface area contributed by atoms with Crippen molar-refractivity contribution in [3.05, 3.63) is 35.0 Å². The van der Waals surface area contributed by atoms with Gasteiger partial charge >= 0.3 is 0 Å². The molecule has 0 radical (unpaired) electrons. The Morgan fingerprint density at radius 3 is 2.95 bits per heavy atom. The summed E-state index contributed by atoms with van der Waals surface area (Å²) in [6.07, 6.45) is 2.16. The molecule has 2 unspecified atom stereocenters. The summed E-state index contributed by atoms with van der Waals surface area (Å²) in [4.78, 5) is 15.6. The first-order chi connectivity index (χ1) is 10.2. The molecular formula is C15H23N3O2S. The van der Waals surface area contributed by atoms with Crippen LogP contribution in [0.25, 0.3) is 0 Å². The topological polar surface area (TPSA) is 67.6 Å². The van der Waals surface area contributed by atoms with E-state index in [1.54, 1.807) is 17.4 Å². The van der Waals surface area contributed by atoms with Crippen molar-refractivity contribution in [2.24, 2.45) is 5.73 Å². The zero-order valence-electron chi connectivity index (χ0n) is 12.2. The molecule has 5 nitrogen and oxygen atoms in total. The number of amides is 1. The number of nitrogens with zero attached hydrogens (tertiary/aromatic N) is 1. The molecule has 0 saturated carbocycles. The number of hydrogen-bond acceptors (Lipinski definition) is 5. The summed E-state index contributed by atoms with van der Waals surface area (Å²) in [6.45, 7) is 7.44. The number of nitrogens with one attached hydrogen (secondary N) is 1. The number of morpholine rings is 1. The highest BCUT2D eigenvalue weighted by Crippen LogP contribution is 2.25. The minimum Gasteiger partial charge on any atom is -0.379 e. The van der Waals surface area contributed by atoms with Gasteiger partial charge in [-0.25, -0.2) is 0 Å². The number of carbonyl (C=O) groups is 1. The molecule has 0 bridgehead atoms. The Balaban J connectivity index is 1.96. The second-order valence-corrected chi connectivity index (χ2v) is 6.03. The first kappa shape index (κ1) is 16.2. The average Bonchev–Trinajstić information content (AvgIpc) is 3.03. The normalized spacial score (nSPS) is 18.9. The Morgan fingerprint density at radius 2 is 2.33 bits per heavy atom. The van der Waals surface area contributed by atoms with Gasteiger partial charge in [0.05, 0.1) is 25.3 Å². The molecule has 1 fully saturated rings. The number of carbonyl (C=O) groups excluding carboxylic acids is 1. The zero-order valence-corrected chi connectivity index (χ0v) is 13.0. The molecule has 0 spiro atoms. The number of ether oxygens (including phenoxy) is 1. The molecule has 2 heterocycles. The van der Waals surface area contributed by atoms with Crippen LogP contribution in [0.2, 0.25) is 0 Å². The van der Waals surface area contributed by atoms with Gasteiger partial charge in [-0.3, -0.25) is 9.69 Å². The smallest absolute Gasteiger partial charge is 0.237 e. The van der Waals surface area contributed by atoms with Crippen molar-refractivity contribution in [3.8, 4) is 0 Å². The Morgan fingerprint density at radius 1 is 1.57 bits per heavy atom.